The molecule has 4 fully saturated rings. The number of alkyl halides is 2. The van der Waals surface area contributed by atoms with Crippen LogP contribution in [-0.4, -0.2) is 121 Å². The first kappa shape index (κ1) is 30.8. The Hall–Kier alpha value is -2.79. The zero-order chi connectivity index (χ0) is 31.8. The van der Waals surface area contributed by atoms with Crippen molar-refractivity contribution in [3.63, 3.8) is 0 Å². The molecule has 2 aromatic rings. The van der Waals surface area contributed by atoms with E-state index in [1.807, 2.05) is 0 Å². The summed E-state index contributed by atoms with van der Waals surface area (Å²) in [6.07, 6.45) is -13.5. The Morgan fingerprint density at radius 1 is 0.978 bits per heavy atom. The van der Waals surface area contributed by atoms with Crippen LogP contribution in [-0.2, 0) is 41.5 Å². The Morgan fingerprint density at radius 2 is 1.60 bits per heavy atom. The van der Waals surface area contributed by atoms with Gasteiger partial charge >= 0.3 is 15.6 Å². The number of imidazole rings is 1. The zero-order valence-corrected chi connectivity index (χ0v) is 24.3. The van der Waals surface area contributed by atoms with Crippen LogP contribution in [0.15, 0.2) is 17.6 Å². The minimum Gasteiger partial charge on any atom is -0.382 e. The Labute approximate surface area is 250 Å². The summed E-state index contributed by atoms with van der Waals surface area (Å²) in [5.74, 6) is -0.576. The van der Waals surface area contributed by atoms with Crippen molar-refractivity contribution in [3.05, 3.63) is 12.7 Å². The van der Waals surface area contributed by atoms with Crippen molar-refractivity contribution < 1.29 is 60.1 Å². The number of anilines is 1. The maximum absolute atomic E-state index is 15.8. The number of carbonyl (C=O) groups excluding carboxylic acids is 1. The first-order valence-electron chi connectivity index (χ1n) is 13.3. The van der Waals surface area contributed by atoms with Gasteiger partial charge in [0.05, 0.1) is 25.9 Å². The predicted octanol–water partition coefficient (Wildman–Crippen LogP) is -2.27. The van der Waals surface area contributed by atoms with Gasteiger partial charge in [0.2, 0.25) is 0 Å². The molecule has 7 rings (SSSR count). The molecule has 21 nitrogen and oxygen atoms in total. The highest BCUT2D eigenvalue weighted by molar-refractivity contribution is 7.47. The lowest BCUT2D eigenvalue weighted by molar-refractivity contribution is -0.130. The van der Waals surface area contributed by atoms with Gasteiger partial charge in [0.25, 0.3) is 5.91 Å². The van der Waals surface area contributed by atoms with Gasteiger partial charge in [-0.25, -0.2) is 32.9 Å². The highest BCUT2D eigenvalue weighted by atomic mass is 31.2. The SMILES string of the molecule is Nc1ncnc2c1ncn2[C@@H]1O[C@@H]2COP(=O)(O)O[C@@H]3[C@H](F)[C@@H](COP(=O)(O)O[C@@H]1[C@@H]2F)O[C@H]3N1C=NC2C(=O)NC(N)NC21. The number of nitrogens with zero attached hydrogens (tertiary/aromatic N) is 6. The minimum atomic E-state index is -5.20. The first-order valence-corrected chi connectivity index (χ1v) is 16.3. The van der Waals surface area contributed by atoms with Crippen LogP contribution < -0.4 is 22.1 Å². The standard InChI is InChI=1S/C20H26F2N10O11P2/c21-8-6-1-38-45(36,37)43-13-9(22)7(41-19(13)32-5-28-11-16(32)29-20(24)30-17(11)33)2-39-44(34,35)42-12(8)18(40-6)31-4-27-10-14(23)25-3-26-15(10)31/h3-9,11-13,16,18-20,29H,1-2,24H2,(H,30,33)(H,34,35)(H,36,37)(H2,23,25,26)/t6-,7-,8-,9-,11?,12-,13-,16?,18-,19-,20?/m1/s1. The Morgan fingerprint density at radius 3 is 2.27 bits per heavy atom. The van der Waals surface area contributed by atoms with Crippen LogP contribution in [0.3, 0.4) is 0 Å². The summed E-state index contributed by atoms with van der Waals surface area (Å²) in [6.45, 7) is -1.93. The summed E-state index contributed by atoms with van der Waals surface area (Å²) in [6, 6.07) is -1.04. The smallest absolute Gasteiger partial charge is 0.382 e. The van der Waals surface area contributed by atoms with Crippen LogP contribution in [0.5, 0.6) is 0 Å². The molecule has 0 saturated carbocycles. The molecule has 4 saturated heterocycles. The van der Waals surface area contributed by atoms with Crippen LogP contribution in [0.25, 0.3) is 11.2 Å². The van der Waals surface area contributed by atoms with E-state index in [9.17, 15) is 23.7 Å². The van der Waals surface area contributed by atoms with Gasteiger partial charge < -0.3 is 35.2 Å². The summed E-state index contributed by atoms with van der Waals surface area (Å²) in [5.41, 5.74) is 11.8. The maximum Gasteiger partial charge on any atom is 0.472 e. The third-order valence-corrected chi connectivity index (χ3v) is 9.67. The number of carbonyl (C=O) groups is 1. The molecule has 0 aromatic carbocycles. The second kappa shape index (κ2) is 11.2. The van der Waals surface area contributed by atoms with Crippen molar-refractivity contribution >= 4 is 44.9 Å². The van der Waals surface area contributed by atoms with Gasteiger partial charge in [-0.2, -0.15) is 0 Å². The average Bonchev–Trinajstić information content (AvgIpc) is 3.72. The summed E-state index contributed by atoms with van der Waals surface area (Å²) < 4.78 is 90.7. The molecule has 8 N–H and O–H groups in total. The molecule has 246 valence electrons. The molecule has 13 atom stereocenters. The van der Waals surface area contributed by atoms with E-state index in [0.717, 1.165) is 23.6 Å². The second-order valence-electron chi connectivity index (χ2n) is 10.5. The van der Waals surface area contributed by atoms with Crippen molar-refractivity contribution in [2.24, 2.45) is 10.7 Å². The lowest BCUT2D eigenvalue weighted by Crippen LogP contribution is -2.70. The molecule has 7 heterocycles. The van der Waals surface area contributed by atoms with Crippen molar-refractivity contribution in [1.29, 1.82) is 0 Å². The fourth-order valence-corrected chi connectivity index (χ4v) is 7.50. The fourth-order valence-electron chi connectivity index (χ4n) is 5.65. The number of phosphoric acid groups is 2. The monoisotopic (exact) mass is 682 g/mol. The fraction of sp³-hybridized carbons (Fsp3) is 0.650. The number of halogens is 2. The first-order chi connectivity index (χ1) is 21.3. The van der Waals surface area contributed by atoms with E-state index >= 15 is 8.78 Å². The third kappa shape index (κ3) is 5.51. The molecule has 0 aliphatic carbocycles. The van der Waals surface area contributed by atoms with E-state index in [1.165, 1.54) is 4.90 Å². The van der Waals surface area contributed by atoms with E-state index < -0.39 is 102 Å². The largest absolute Gasteiger partial charge is 0.472 e. The Bertz CT molecular complexity index is 1620. The normalized spacial score (nSPS) is 45.4. The van der Waals surface area contributed by atoms with Crippen LogP contribution in [0.4, 0.5) is 14.6 Å². The van der Waals surface area contributed by atoms with Gasteiger partial charge in [-0.3, -0.25) is 43.5 Å². The molecule has 25 heteroatoms. The van der Waals surface area contributed by atoms with Gasteiger partial charge in [0.1, 0.15) is 48.7 Å². The van der Waals surface area contributed by atoms with E-state index in [4.69, 9.17) is 39.0 Å². The quantitative estimate of drug-likeness (QED) is 0.182. The number of amides is 1. The Balaban J connectivity index is 1.18. The topological polar surface area (TPSA) is 282 Å². The maximum atomic E-state index is 15.8. The number of ether oxygens (including phenoxy) is 2. The molecule has 4 bridgehead atoms. The molecule has 5 unspecified atom stereocenters. The number of phosphoric ester groups is 2. The third-order valence-electron chi connectivity index (χ3n) is 7.69. The van der Waals surface area contributed by atoms with Gasteiger partial charge in [0.15, 0.2) is 42.3 Å². The summed E-state index contributed by atoms with van der Waals surface area (Å²) in [7, 11) is -10.4. The van der Waals surface area contributed by atoms with Crippen molar-refractivity contribution in [2.75, 3.05) is 18.9 Å². The number of rotatable bonds is 2. The number of aliphatic imine (C=N–C) groups is 1. The van der Waals surface area contributed by atoms with Gasteiger partial charge in [-0.15, -0.1) is 0 Å². The van der Waals surface area contributed by atoms with Gasteiger partial charge in [0, 0.05) is 0 Å². The molecule has 2 aromatic heterocycles. The molecule has 5 aliphatic heterocycles. The highest BCUT2D eigenvalue weighted by Crippen LogP contribution is 2.53. The van der Waals surface area contributed by atoms with Crippen LogP contribution in [0.2, 0.25) is 0 Å². The van der Waals surface area contributed by atoms with Crippen molar-refractivity contribution in [3.8, 4) is 0 Å². The number of fused-ring (bicyclic) bond motifs is 6. The van der Waals surface area contributed by atoms with Crippen LogP contribution in [0, 0.1) is 0 Å². The summed E-state index contributed by atoms with van der Waals surface area (Å²) in [5, 5.41) is 5.25. The second-order valence-corrected chi connectivity index (χ2v) is 13.3. The van der Waals surface area contributed by atoms with Crippen LogP contribution >= 0.6 is 15.6 Å². The Kier molecular flexibility index (Phi) is 7.66. The number of aromatic nitrogens is 4. The van der Waals surface area contributed by atoms with Gasteiger partial charge in [-0.05, 0) is 0 Å². The van der Waals surface area contributed by atoms with E-state index in [0.29, 0.717) is 0 Å². The number of nitrogens with two attached hydrogens (primary N) is 2. The molecule has 0 radical (unpaired) electrons. The number of nitrogen functional groups attached to an aromatic ring is 1. The lowest BCUT2D eigenvalue weighted by Gasteiger charge is -2.39. The zero-order valence-electron chi connectivity index (χ0n) is 22.6. The molecule has 1 amide bonds. The van der Waals surface area contributed by atoms with E-state index in [1.54, 1.807) is 0 Å². The van der Waals surface area contributed by atoms with Crippen molar-refractivity contribution in [1.82, 2.24) is 35.1 Å². The number of hydrogen-bond acceptors (Lipinski definition) is 17. The molecular weight excluding hydrogens is 656 g/mol. The van der Waals surface area contributed by atoms with Crippen molar-refractivity contribution in [2.45, 2.75) is 67.7 Å². The summed E-state index contributed by atoms with van der Waals surface area (Å²) in [4.78, 5) is 50.7. The highest BCUT2D eigenvalue weighted by Gasteiger charge is 2.57. The predicted molar refractivity (Wildman–Crippen MR) is 141 cm³/mol. The molecule has 0 spiro atoms. The summed E-state index contributed by atoms with van der Waals surface area (Å²) >= 11 is 0. The average molecular weight is 682 g/mol. The van der Waals surface area contributed by atoms with Gasteiger partial charge in [-0.1, -0.05) is 0 Å². The van der Waals surface area contributed by atoms with E-state index in [-0.39, 0.29) is 17.0 Å². The number of hydrogen-bond donors (Lipinski definition) is 6. The lowest BCUT2D eigenvalue weighted by atomic mass is 10.1. The number of nitrogens with one attached hydrogen (secondary N) is 2. The van der Waals surface area contributed by atoms with E-state index in [2.05, 4.69) is 30.6 Å². The molecule has 45 heavy (non-hydrogen) atoms. The van der Waals surface area contributed by atoms with Crippen LogP contribution in [0.1, 0.15) is 6.23 Å². The minimum absolute atomic E-state index is 0.0194. The molecule has 5 aliphatic rings. The molecular formula is C20H26F2N10O11P2.